The molecule has 6 rings (SSSR count). The van der Waals surface area contributed by atoms with E-state index in [4.69, 9.17) is 4.74 Å². The zero-order valence-corrected chi connectivity index (χ0v) is 24.0. The Hall–Kier alpha value is -4.17. The van der Waals surface area contributed by atoms with Crippen LogP contribution in [0.1, 0.15) is 37.5 Å². The van der Waals surface area contributed by atoms with Gasteiger partial charge in [0.05, 0.1) is 41.5 Å². The number of hydrogen-bond donors (Lipinski definition) is 4. The summed E-state index contributed by atoms with van der Waals surface area (Å²) in [5.74, 6) is 0.203. The first-order valence-electron chi connectivity index (χ1n) is 13.8. The largest absolute Gasteiger partial charge is 0.416 e. The summed E-state index contributed by atoms with van der Waals surface area (Å²) in [6.45, 7) is -0.547. The number of sulfonamides is 1. The molecule has 45 heavy (non-hydrogen) atoms. The number of amides is 1. The summed E-state index contributed by atoms with van der Waals surface area (Å²) in [7, 11) is -4.63. The number of ether oxygens (including phenoxy) is 1. The molecular formula is C26H27F3N8O7S. The van der Waals surface area contributed by atoms with Crippen LogP contribution in [0.2, 0.25) is 0 Å². The van der Waals surface area contributed by atoms with Gasteiger partial charge in [-0.05, 0) is 37.1 Å². The number of alkyl halides is 3. The molecule has 2 aliphatic rings. The highest BCUT2D eigenvalue weighted by Crippen LogP contribution is 2.34. The number of fused-ring (bicyclic) bond motifs is 1. The van der Waals surface area contributed by atoms with Crippen LogP contribution in [0.25, 0.3) is 17.1 Å². The molecule has 1 aliphatic heterocycles. The molecule has 1 amide bonds. The number of carbonyl (C=O) groups is 1. The molecule has 0 radical (unpaired) electrons. The number of benzene rings is 1. The van der Waals surface area contributed by atoms with Crippen molar-refractivity contribution in [2.45, 2.75) is 67.3 Å². The normalized spacial score (nSPS) is 22.7. The number of aliphatic hydroxyl groups excluding tert-OH is 3. The van der Waals surface area contributed by atoms with E-state index in [-0.39, 0.29) is 29.7 Å². The van der Waals surface area contributed by atoms with Crippen LogP contribution in [-0.4, -0.2) is 90.4 Å². The molecule has 15 nitrogen and oxygen atoms in total. The van der Waals surface area contributed by atoms with E-state index >= 15 is 0 Å². The molecule has 3 aromatic heterocycles. The van der Waals surface area contributed by atoms with Gasteiger partial charge in [0, 0.05) is 6.04 Å². The molecule has 2 unspecified atom stereocenters. The summed E-state index contributed by atoms with van der Waals surface area (Å²) >= 11 is 0. The van der Waals surface area contributed by atoms with Crippen LogP contribution >= 0.6 is 0 Å². The van der Waals surface area contributed by atoms with Crippen LogP contribution in [0, 0.1) is 0 Å². The minimum atomic E-state index is -4.68. The summed E-state index contributed by atoms with van der Waals surface area (Å²) in [6, 6.07) is 2.75. The van der Waals surface area contributed by atoms with E-state index in [1.807, 2.05) is 0 Å². The van der Waals surface area contributed by atoms with Gasteiger partial charge in [-0.25, -0.2) is 22.4 Å². The molecule has 4 aromatic rings. The van der Waals surface area contributed by atoms with E-state index in [2.05, 4.69) is 25.4 Å². The Kier molecular flexibility index (Phi) is 7.98. The van der Waals surface area contributed by atoms with Gasteiger partial charge < -0.3 is 25.4 Å². The third-order valence-electron chi connectivity index (χ3n) is 7.76. The van der Waals surface area contributed by atoms with Gasteiger partial charge in [-0.3, -0.25) is 9.36 Å². The topological polar surface area (TPSA) is 198 Å². The van der Waals surface area contributed by atoms with E-state index in [0.717, 1.165) is 54.9 Å². The maximum Gasteiger partial charge on any atom is 0.416 e. The van der Waals surface area contributed by atoms with E-state index in [1.165, 1.54) is 10.9 Å². The summed E-state index contributed by atoms with van der Waals surface area (Å²) in [4.78, 5) is 24.9. The second-order valence-electron chi connectivity index (χ2n) is 10.6. The highest BCUT2D eigenvalue weighted by Gasteiger charge is 2.44. The standard InChI is InChI=1S/C26H27F3N8O7S/c27-26(28,29)14-5-7-17(8-6-14)45(42,43)37(13-39)16-9-31-36(10-16)25-33-22(32-15-3-1-2-4-15)19-23(34-25)35(12-30-19)24-21(41)20(40)18(11-38)44-24/h5-10,12-13,15,18,20-21,24,38,40-41H,1-4,11H2,(H,32,33,34)/t18-,20?,21?,24-/m1/s1. The molecule has 1 saturated heterocycles. The maximum absolute atomic E-state index is 13.2. The minimum Gasteiger partial charge on any atom is -0.394 e. The van der Waals surface area contributed by atoms with Crippen molar-refractivity contribution in [1.82, 2.24) is 29.3 Å². The zero-order valence-electron chi connectivity index (χ0n) is 23.2. The summed E-state index contributed by atoms with van der Waals surface area (Å²) in [5, 5.41) is 37.9. The Morgan fingerprint density at radius 1 is 1.11 bits per heavy atom. The van der Waals surface area contributed by atoms with Gasteiger partial charge in [0.2, 0.25) is 6.41 Å². The second-order valence-corrected chi connectivity index (χ2v) is 12.4. The average Bonchev–Trinajstić information content (AvgIpc) is 3.82. The van der Waals surface area contributed by atoms with Crippen LogP contribution in [0.15, 0.2) is 47.9 Å². The fourth-order valence-corrected chi connectivity index (χ4v) is 6.58. The van der Waals surface area contributed by atoms with Crippen LogP contribution in [0.3, 0.4) is 0 Å². The number of nitrogens with one attached hydrogen (secondary N) is 1. The van der Waals surface area contributed by atoms with Gasteiger partial charge in [0.15, 0.2) is 23.2 Å². The molecule has 240 valence electrons. The van der Waals surface area contributed by atoms with Gasteiger partial charge >= 0.3 is 6.18 Å². The fourth-order valence-electron chi connectivity index (χ4n) is 5.39. The third kappa shape index (κ3) is 5.61. The van der Waals surface area contributed by atoms with Crippen molar-refractivity contribution >= 4 is 39.1 Å². The lowest BCUT2D eigenvalue weighted by Crippen LogP contribution is -2.33. The molecule has 2 fully saturated rings. The van der Waals surface area contributed by atoms with Gasteiger partial charge in [-0.2, -0.15) is 28.2 Å². The Morgan fingerprint density at radius 2 is 1.82 bits per heavy atom. The first-order valence-corrected chi connectivity index (χ1v) is 15.2. The molecule has 1 aliphatic carbocycles. The number of anilines is 2. The minimum absolute atomic E-state index is 0.0116. The van der Waals surface area contributed by atoms with Crippen LogP contribution in [-0.2, 0) is 25.7 Å². The molecule has 4 heterocycles. The molecule has 4 N–H and O–H groups in total. The van der Waals surface area contributed by atoms with Crippen LogP contribution < -0.4 is 9.62 Å². The highest BCUT2D eigenvalue weighted by molar-refractivity contribution is 7.93. The highest BCUT2D eigenvalue weighted by atomic mass is 32.2. The van der Waals surface area contributed by atoms with Gasteiger partial charge in [-0.15, -0.1) is 0 Å². The molecule has 1 aromatic carbocycles. The first-order chi connectivity index (χ1) is 21.4. The number of halogens is 3. The monoisotopic (exact) mass is 652 g/mol. The van der Waals surface area contributed by atoms with Crippen molar-refractivity contribution in [3.8, 4) is 5.95 Å². The third-order valence-corrected chi connectivity index (χ3v) is 9.44. The van der Waals surface area contributed by atoms with Crippen LogP contribution in [0.4, 0.5) is 24.7 Å². The van der Waals surface area contributed by atoms with Crippen molar-refractivity contribution < 1.29 is 46.4 Å². The summed E-state index contributed by atoms with van der Waals surface area (Å²) in [6.07, 6.45) is -2.46. The van der Waals surface area contributed by atoms with Gasteiger partial charge in [-0.1, -0.05) is 12.8 Å². The molecule has 1 saturated carbocycles. The zero-order chi connectivity index (χ0) is 32.1. The first kappa shape index (κ1) is 30.8. The Labute approximate surface area is 253 Å². The van der Waals surface area contributed by atoms with Crippen molar-refractivity contribution in [1.29, 1.82) is 0 Å². The number of hydrogen-bond acceptors (Lipinski definition) is 12. The smallest absolute Gasteiger partial charge is 0.394 e. The Morgan fingerprint density at radius 3 is 2.44 bits per heavy atom. The number of aromatic nitrogens is 6. The number of rotatable bonds is 9. The van der Waals surface area contributed by atoms with E-state index < -0.39 is 57.8 Å². The number of carbonyl (C=O) groups excluding carboxylic acids is 1. The van der Waals surface area contributed by atoms with Crippen LogP contribution in [0.5, 0.6) is 0 Å². The quantitative estimate of drug-likeness (QED) is 0.190. The molecule has 0 spiro atoms. The van der Waals surface area contributed by atoms with Crippen molar-refractivity contribution in [3.63, 3.8) is 0 Å². The Bertz CT molecular complexity index is 1810. The second kappa shape index (κ2) is 11.6. The molecule has 19 heteroatoms. The number of nitrogens with zero attached hydrogens (tertiary/aromatic N) is 7. The summed E-state index contributed by atoms with van der Waals surface area (Å²) in [5.41, 5.74) is -0.860. The predicted octanol–water partition coefficient (Wildman–Crippen LogP) is 1.35. The number of imidazole rings is 1. The SMILES string of the molecule is O=CN(c1cnn(-c2nc(NC3CCCC3)c3ncn([C@@H]4O[C@H](CO)C(O)C4O)c3n2)c1)S(=O)(=O)c1ccc(C(F)(F)F)cc1. The van der Waals surface area contributed by atoms with Crippen molar-refractivity contribution in [2.75, 3.05) is 16.2 Å². The lowest BCUT2D eigenvalue weighted by molar-refractivity contribution is -0.137. The predicted molar refractivity (Wildman–Crippen MR) is 149 cm³/mol. The van der Waals surface area contributed by atoms with Crippen molar-refractivity contribution in [2.24, 2.45) is 0 Å². The Balaban J connectivity index is 1.38. The van der Waals surface area contributed by atoms with Gasteiger partial charge in [0.1, 0.15) is 18.3 Å². The number of aliphatic hydroxyl groups is 3. The van der Waals surface area contributed by atoms with Gasteiger partial charge in [0.25, 0.3) is 16.0 Å². The van der Waals surface area contributed by atoms with E-state index in [9.17, 15) is 41.7 Å². The van der Waals surface area contributed by atoms with Crippen molar-refractivity contribution in [3.05, 3.63) is 48.5 Å². The van der Waals surface area contributed by atoms with E-state index in [0.29, 0.717) is 27.8 Å². The van der Waals surface area contributed by atoms with E-state index in [1.54, 1.807) is 0 Å². The molecular weight excluding hydrogens is 625 g/mol. The molecule has 4 atom stereocenters. The lowest BCUT2D eigenvalue weighted by atomic mass is 10.1. The molecule has 0 bridgehead atoms. The fraction of sp³-hybridized carbons (Fsp3) is 0.423. The maximum atomic E-state index is 13.2. The average molecular weight is 653 g/mol. The lowest BCUT2D eigenvalue weighted by Gasteiger charge is -2.18. The summed E-state index contributed by atoms with van der Waals surface area (Å²) < 4.78 is 73.8.